The quantitative estimate of drug-likeness (QED) is 0.350. The third kappa shape index (κ3) is 3.74. The molecule has 0 spiro atoms. The molecule has 12 nitrogen and oxygen atoms in total. The lowest BCUT2D eigenvalue weighted by atomic mass is 10.2. The number of nitrogens with one attached hydrogen (secondary N) is 1. The van der Waals surface area contributed by atoms with E-state index < -0.39 is 34.7 Å². The van der Waals surface area contributed by atoms with Gasteiger partial charge in [-0.2, -0.15) is 10.2 Å². The number of benzene rings is 1. The van der Waals surface area contributed by atoms with E-state index in [9.17, 15) is 22.7 Å². The van der Waals surface area contributed by atoms with Crippen molar-refractivity contribution < 1.29 is 13.2 Å². The van der Waals surface area contributed by atoms with Gasteiger partial charge < -0.3 is 4.55 Å². The van der Waals surface area contributed by atoms with Gasteiger partial charge >= 0.3 is 5.69 Å². The zero-order valence-electron chi connectivity index (χ0n) is 18.0. The lowest BCUT2D eigenvalue weighted by Gasteiger charge is -2.33. The molecular weight excluding hydrogens is 467 g/mol. The monoisotopic (exact) mass is 487 g/mol. The summed E-state index contributed by atoms with van der Waals surface area (Å²) < 4.78 is 42.7. The minimum absolute atomic E-state index is 0.00756. The summed E-state index contributed by atoms with van der Waals surface area (Å²) in [5, 5.41) is 10.7. The molecule has 0 bridgehead atoms. The maximum Gasteiger partial charge on any atom is 0.332 e. The van der Waals surface area contributed by atoms with Crippen LogP contribution in [0.25, 0.3) is 10.9 Å². The molecule has 0 saturated heterocycles. The van der Waals surface area contributed by atoms with E-state index in [1.54, 1.807) is 24.1 Å². The molecular formula is C20H20FN8O4S-. The SMILES string of the molecule is Cn1cc(Cn2c(=O)c3cc(N(S(=O)[O-])C4(CF)CC4)ccc3n(Cc3ncn[nH]3)c2=O)cn1. The van der Waals surface area contributed by atoms with Gasteiger partial charge in [0.25, 0.3) is 5.56 Å². The second kappa shape index (κ2) is 8.29. The van der Waals surface area contributed by atoms with E-state index >= 15 is 0 Å². The molecule has 5 rings (SSSR count). The van der Waals surface area contributed by atoms with Crippen molar-refractivity contribution in [3.63, 3.8) is 0 Å². The molecule has 1 aliphatic rings. The highest BCUT2D eigenvalue weighted by Crippen LogP contribution is 2.45. The van der Waals surface area contributed by atoms with E-state index in [0.717, 1.165) is 8.87 Å². The van der Waals surface area contributed by atoms with Crippen molar-refractivity contribution in [3.05, 3.63) is 69.1 Å². The standard InChI is InChI=1S/C20H21FN8O4S/c1-26-8-13(7-24-26)9-28-18(30)15-6-14(29(34(32)33)20(11-21)4-5-20)2-3-16(15)27(19(28)31)10-17-22-12-23-25-17/h2-3,6-8,12H,4-5,9-11H2,1H3,(H,32,33)(H,22,23,25)/p-1. The van der Waals surface area contributed by atoms with Crippen LogP contribution in [0.15, 0.2) is 46.5 Å². The van der Waals surface area contributed by atoms with Crippen LogP contribution in [0.5, 0.6) is 0 Å². The predicted octanol–water partition coefficient (Wildman–Crippen LogP) is 0.214. The Bertz CT molecular complexity index is 1510. The smallest absolute Gasteiger partial charge is 0.332 e. The summed E-state index contributed by atoms with van der Waals surface area (Å²) in [6, 6.07) is 4.35. The fourth-order valence-electron chi connectivity index (χ4n) is 4.08. The Labute approximate surface area is 194 Å². The molecule has 3 aromatic heterocycles. The second-order valence-corrected chi connectivity index (χ2v) is 9.08. The average molecular weight is 487 g/mol. The Kier molecular flexibility index (Phi) is 5.40. The van der Waals surface area contributed by atoms with E-state index in [4.69, 9.17) is 0 Å². The number of aryl methyl sites for hydroxylation is 1. The van der Waals surface area contributed by atoms with Crippen LogP contribution in [-0.4, -0.2) is 55.1 Å². The van der Waals surface area contributed by atoms with Gasteiger partial charge in [-0.3, -0.25) is 32.2 Å². The molecule has 1 saturated carbocycles. The first-order valence-corrected chi connectivity index (χ1v) is 11.4. The Hall–Kier alpha value is -3.65. The summed E-state index contributed by atoms with van der Waals surface area (Å²) in [5.74, 6) is 0.399. The molecule has 0 amide bonds. The Morgan fingerprint density at radius 2 is 2.06 bits per heavy atom. The number of anilines is 1. The summed E-state index contributed by atoms with van der Waals surface area (Å²) in [4.78, 5) is 30.9. The maximum atomic E-state index is 13.7. The van der Waals surface area contributed by atoms with E-state index in [1.165, 1.54) is 29.1 Å². The number of alkyl halides is 1. The fourth-order valence-corrected chi connectivity index (χ4v) is 4.91. The number of aromatic amines is 1. The van der Waals surface area contributed by atoms with Crippen LogP contribution in [0.3, 0.4) is 0 Å². The number of hydrogen-bond donors (Lipinski definition) is 1. The Morgan fingerprint density at radius 1 is 1.26 bits per heavy atom. The van der Waals surface area contributed by atoms with Crippen molar-refractivity contribution in [1.29, 1.82) is 0 Å². The highest BCUT2D eigenvalue weighted by molar-refractivity contribution is 7.80. The van der Waals surface area contributed by atoms with Crippen LogP contribution >= 0.6 is 0 Å². The molecule has 4 aromatic rings. The number of aromatic nitrogens is 7. The molecule has 1 N–H and O–H groups in total. The topological polar surface area (TPSA) is 147 Å². The normalized spacial score (nSPS) is 15.5. The molecule has 3 heterocycles. The van der Waals surface area contributed by atoms with E-state index in [1.807, 2.05) is 0 Å². The van der Waals surface area contributed by atoms with Gasteiger partial charge in [0.05, 0.1) is 35.7 Å². The van der Waals surface area contributed by atoms with E-state index in [2.05, 4.69) is 20.3 Å². The number of rotatable bonds is 8. The minimum Gasteiger partial charge on any atom is -0.755 e. The summed E-state index contributed by atoms with van der Waals surface area (Å²) in [7, 11) is 1.72. The van der Waals surface area contributed by atoms with Crippen molar-refractivity contribution in [2.75, 3.05) is 11.0 Å². The molecule has 1 unspecified atom stereocenters. The largest absolute Gasteiger partial charge is 0.755 e. The van der Waals surface area contributed by atoms with Crippen LogP contribution in [0.4, 0.5) is 10.1 Å². The van der Waals surface area contributed by atoms with Gasteiger partial charge in [0.1, 0.15) is 18.8 Å². The number of halogens is 1. The van der Waals surface area contributed by atoms with Gasteiger partial charge in [-0.15, -0.1) is 0 Å². The molecule has 1 aromatic carbocycles. The molecule has 34 heavy (non-hydrogen) atoms. The number of nitrogens with zero attached hydrogens (tertiary/aromatic N) is 7. The lowest BCUT2D eigenvalue weighted by Crippen LogP contribution is -2.42. The van der Waals surface area contributed by atoms with Gasteiger partial charge in [-0.1, -0.05) is 0 Å². The zero-order chi connectivity index (χ0) is 24.0. The highest BCUT2D eigenvalue weighted by atomic mass is 32.2. The first-order valence-electron chi connectivity index (χ1n) is 10.4. The number of H-pyrrole nitrogens is 1. The average Bonchev–Trinajstić information content (AvgIpc) is 3.20. The molecule has 0 aliphatic heterocycles. The lowest BCUT2D eigenvalue weighted by molar-refractivity contribution is 0.411. The van der Waals surface area contributed by atoms with Gasteiger partial charge in [-0.05, 0) is 31.0 Å². The first kappa shape index (κ1) is 22.2. The van der Waals surface area contributed by atoms with Crippen LogP contribution in [0.2, 0.25) is 0 Å². The summed E-state index contributed by atoms with van der Waals surface area (Å²) in [6.07, 6.45) is 5.30. The Balaban J connectivity index is 1.72. The minimum atomic E-state index is -2.75. The summed E-state index contributed by atoms with van der Waals surface area (Å²) >= 11 is -2.75. The maximum absolute atomic E-state index is 13.7. The molecule has 1 atom stereocenters. The van der Waals surface area contributed by atoms with Crippen LogP contribution < -0.4 is 15.6 Å². The molecule has 0 radical (unpaired) electrons. The number of fused-ring (bicyclic) bond motifs is 1. The molecule has 178 valence electrons. The summed E-state index contributed by atoms with van der Waals surface area (Å²) in [6.45, 7) is -0.865. The van der Waals surface area contributed by atoms with Crippen molar-refractivity contribution in [2.45, 2.75) is 31.5 Å². The van der Waals surface area contributed by atoms with Crippen LogP contribution in [-0.2, 0) is 31.4 Å². The van der Waals surface area contributed by atoms with Gasteiger partial charge in [-0.25, -0.2) is 14.2 Å². The van der Waals surface area contributed by atoms with Crippen molar-refractivity contribution in [2.24, 2.45) is 7.05 Å². The summed E-state index contributed by atoms with van der Waals surface area (Å²) in [5.41, 5.74) is -1.22. The predicted molar refractivity (Wildman–Crippen MR) is 120 cm³/mol. The third-order valence-corrected chi connectivity index (χ3v) is 6.87. The van der Waals surface area contributed by atoms with Gasteiger partial charge in [0, 0.05) is 35.8 Å². The van der Waals surface area contributed by atoms with Crippen molar-refractivity contribution in [3.8, 4) is 0 Å². The first-order chi connectivity index (χ1) is 16.3. The Morgan fingerprint density at radius 3 is 2.65 bits per heavy atom. The molecule has 1 aliphatic carbocycles. The second-order valence-electron chi connectivity index (χ2n) is 8.29. The van der Waals surface area contributed by atoms with Gasteiger partial charge in [0.2, 0.25) is 0 Å². The fraction of sp³-hybridized carbons (Fsp3) is 0.350. The molecule has 1 fully saturated rings. The van der Waals surface area contributed by atoms with Crippen LogP contribution in [0.1, 0.15) is 24.2 Å². The van der Waals surface area contributed by atoms with E-state index in [0.29, 0.717) is 29.7 Å². The van der Waals surface area contributed by atoms with Gasteiger partial charge in [0.15, 0.2) is 0 Å². The van der Waals surface area contributed by atoms with Crippen molar-refractivity contribution in [1.82, 2.24) is 34.1 Å². The van der Waals surface area contributed by atoms with E-state index in [-0.39, 0.29) is 24.2 Å². The molecule has 14 heteroatoms. The zero-order valence-corrected chi connectivity index (χ0v) is 18.9. The third-order valence-electron chi connectivity index (χ3n) is 5.97. The van der Waals surface area contributed by atoms with Crippen LogP contribution in [0, 0.1) is 0 Å². The number of hydrogen-bond acceptors (Lipinski definition) is 7. The van der Waals surface area contributed by atoms with Crippen molar-refractivity contribution >= 4 is 27.9 Å². The highest BCUT2D eigenvalue weighted by Gasteiger charge is 2.49.